The number of esters is 3. The summed E-state index contributed by atoms with van der Waals surface area (Å²) >= 11 is 0. The first-order valence-corrected chi connectivity index (χ1v) is 26.4. The van der Waals surface area contributed by atoms with Crippen molar-refractivity contribution in [1.29, 1.82) is 0 Å². The maximum absolute atomic E-state index is 12.8. The van der Waals surface area contributed by atoms with Gasteiger partial charge in [0, 0.05) is 19.3 Å². The second kappa shape index (κ2) is 53.9. The molecule has 0 aromatic carbocycles. The van der Waals surface area contributed by atoms with Crippen LogP contribution in [0.3, 0.4) is 0 Å². The molecule has 67 heavy (non-hydrogen) atoms. The van der Waals surface area contributed by atoms with Crippen LogP contribution in [0, 0.1) is 0 Å². The second-order valence-electron chi connectivity index (χ2n) is 16.8. The molecule has 0 aromatic heterocycles. The van der Waals surface area contributed by atoms with E-state index in [9.17, 15) is 14.4 Å². The molecule has 0 rings (SSSR count). The number of unbranched alkanes of at least 4 members (excludes halogenated alkanes) is 15. The molecule has 0 radical (unpaired) electrons. The quantitative estimate of drug-likeness (QED) is 0.0199. The molecule has 0 fully saturated rings. The maximum atomic E-state index is 12.8. The Morgan fingerprint density at radius 2 is 0.687 bits per heavy atom. The Morgan fingerprint density at radius 1 is 0.328 bits per heavy atom. The highest BCUT2D eigenvalue weighted by molar-refractivity contribution is 5.71. The van der Waals surface area contributed by atoms with Crippen LogP contribution in [-0.2, 0) is 28.6 Å². The molecule has 0 aromatic rings. The number of allylic oxidation sites excluding steroid dienone is 24. The van der Waals surface area contributed by atoms with Crippen molar-refractivity contribution >= 4 is 17.9 Å². The molecule has 0 aliphatic heterocycles. The Kier molecular flexibility index (Phi) is 50.1. The largest absolute Gasteiger partial charge is 0.462 e. The van der Waals surface area contributed by atoms with Crippen LogP contribution in [0.2, 0.25) is 0 Å². The molecule has 0 saturated heterocycles. The molecule has 0 aliphatic rings. The second-order valence-corrected chi connectivity index (χ2v) is 16.8. The van der Waals surface area contributed by atoms with Crippen molar-refractivity contribution in [2.75, 3.05) is 13.2 Å². The summed E-state index contributed by atoms with van der Waals surface area (Å²) in [5.41, 5.74) is 0. The number of carbonyl (C=O) groups excluding carboxylic acids is 3. The third-order valence-corrected chi connectivity index (χ3v) is 10.5. The molecule has 1 atom stereocenters. The lowest BCUT2D eigenvalue weighted by atomic mass is 10.1. The fourth-order valence-corrected chi connectivity index (χ4v) is 6.56. The van der Waals surface area contributed by atoms with Crippen LogP contribution >= 0.6 is 0 Å². The fourth-order valence-electron chi connectivity index (χ4n) is 6.56. The van der Waals surface area contributed by atoms with Gasteiger partial charge in [0.15, 0.2) is 6.10 Å². The highest BCUT2D eigenvalue weighted by atomic mass is 16.6. The van der Waals surface area contributed by atoms with E-state index in [4.69, 9.17) is 14.2 Å². The van der Waals surface area contributed by atoms with E-state index in [2.05, 4.69) is 106 Å². The molecule has 0 spiro atoms. The van der Waals surface area contributed by atoms with Crippen LogP contribution < -0.4 is 0 Å². The zero-order chi connectivity index (χ0) is 48.6. The minimum Gasteiger partial charge on any atom is -0.462 e. The number of hydrogen-bond acceptors (Lipinski definition) is 6. The maximum Gasteiger partial charge on any atom is 0.306 e. The summed E-state index contributed by atoms with van der Waals surface area (Å²) in [7, 11) is 0. The normalized spacial score (nSPS) is 13.3. The zero-order valence-electron chi connectivity index (χ0n) is 42.6. The van der Waals surface area contributed by atoms with Gasteiger partial charge in [-0.05, 0) is 96.3 Å². The number of rotatable bonds is 45. The zero-order valence-corrected chi connectivity index (χ0v) is 42.6. The van der Waals surface area contributed by atoms with Crippen molar-refractivity contribution in [2.24, 2.45) is 0 Å². The third kappa shape index (κ3) is 52.1. The molecular weight excluding hydrogens is 829 g/mol. The van der Waals surface area contributed by atoms with Crippen molar-refractivity contribution in [2.45, 2.75) is 207 Å². The van der Waals surface area contributed by atoms with Crippen LogP contribution in [-0.4, -0.2) is 37.2 Å². The van der Waals surface area contributed by atoms with E-state index in [0.29, 0.717) is 19.3 Å². The van der Waals surface area contributed by atoms with E-state index in [-0.39, 0.29) is 38.0 Å². The number of carbonyl (C=O) groups is 3. The van der Waals surface area contributed by atoms with E-state index in [1.54, 1.807) is 0 Å². The Hall–Kier alpha value is -4.71. The van der Waals surface area contributed by atoms with Gasteiger partial charge in [0.25, 0.3) is 0 Å². The Labute approximate surface area is 410 Å². The smallest absolute Gasteiger partial charge is 0.306 e. The monoisotopic (exact) mass is 923 g/mol. The molecule has 6 nitrogen and oxygen atoms in total. The molecule has 1 unspecified atom stereocenters. The van der Waals surface area contributed by atoms with Crippen molar-refractivity contribution in [1.82, 2.24) is 0 Å². The lowest BCUT2D eigenvalue weighted by Crippen LogP contribution is -2.30. The summed E-state index contributed by atoms with van der Waals surface area (Å²) < 4.78 is 16.7. The SMILES string of the molecule is CC\C=C/C=C\C=C/C=C\C=C/CCCCCC(=O)OCC(COC(=O)CCCCCCC/C=C\C=C/CCCCCCCCC)OC(=O)CC/C=C\C/C=C\C/C=C\C/C=C\C/C=C\CC. The Morgan fingerprint density at radius 3 is 1.15 bits per heavy atom. The van der Waals surface area contributed by atoms with Gasteiger partial charge in [-0.2, -0.15) is 0 Å². The molecule has 0 bridgehead atoms. The summed E-state index contributed by atoms with van der Waals surface area (Å²) in [6.45, 7) is 6.24. The summed E-state index contributed by atoms with van der Waals surface area (Å²) in [6.07, 6.45) is 77.0. The van der Waals surface area contributed by atoms with Crippen LogP contribution in [0.4, 0.5) is 0 Å². The molecule has 0 aliphatic carbocycles. The first kappa shape index (κ1) is 62.3. The van der Waals surface area contributed by atoms with Gasteiger partial charge in [-0.3, -0.25) is 14.4 Å². The standard InChI is InChI=1S/C61H94O6/c1-4-7-10-13-16-19-22-25-28-30-31-34-36-39-42-45-48-51-54-60(63)66-57-58(56-65-59(62)53-50-47-44-41-38-35-32-27-24-21-18-15-12-9-6-3)67-61(64)55-52-49-46-43-40-37-33-29-26-23-20-17-14-11-8-5-2/h8-9,11-12,15,17-18,20-21,24,26-32,34-35,37-38,40,46,49,58H,4-7,10,13-14,16,19,22-23,25,33,36,39,41-45,47-48,50-57H2,1-3H3/b11-8-,12-9-,18-15-,20-17-,24-21-,29-26-,30-28-,32-27-,34-31-,38-35-,40-37-,49-46-. The first-order chi connectivity index (χ1) is 33.0. The van der Waals surface area contributed by atoms with E-state index in [1.807, 2.05) is 60.8 Å². The van der Waals surface area contributed by atoms with Gasteiger partial charge in [-0.25, -0.2) is 0 Å². The molecule has 374 valence electrons. The minimum absolute atomic E-state index is 0.136. The first-order valence-electron chi connectivity index (χ1n) is 26.4. The lowest BCUT2D eigenvalue weighted by Gasteiger charge is -2.18. The predicted molar refractivity (Wildman–Crippen MR) is 288 cm³/mol. The van der Waals surface area contributed by atoms with E-state index in [0.717, 1.165) is 96.3 Å². The fraction of sp³-hybridized carbons (Fsp3) is 0.557. The summed E-state index contributed by atoms with van der Waals surface area (Å²) in [5.74, 6) is -1.09. The lowest BCUT2D eigenvalue weighted by molar-refractivity contribution is -0.166. The molecule has 0 saturated carbocycles. The molecular formula is C61H94O6. The molecule has 0 amide bonds. The van der Waals surface area contributed by atoms with Gasteiger partial charge < -0.3 is 14.2 Å². The van der Waals surface area contributed by atoms with Gasteiger partial charge in [0.2, 0.25) is 0 Å². The van der Waals surface area contributed by atoms with Crippen molar-refractivity contribution in [3.8, 4) is 0 Å². The number of ether oxygens (including phenoxy) is 3. The average Bonchev–Trinajstić information content (AvgIpc) is 3.33. The van der Waals surface area contributed by atoms with Crippen LogP contribution in [0.5, 0.6) is 0 Å². The third-order valence-electron chi connectivity index (χ3n) is 10.5. The average molecular weight is 923 g/mol. The predicted octanol–water partition coefficient (Wildman–Crippen LogP) is 17.6. The highest BCUT2D eigenvalue weighted by Gasteiger charge is 2.19. The van der Waals surface area contributed by atoms with E-state index >= 15 is 0 Å². The molecule has 0 heterocycles. The highest BCUT2D eigenvalue weighted by Crippen LogP contribution is 2.12. The van der Waals surface area contributed by atoms with Crippen molar-refractivity contribution in [3.63, 3.8) is 0 Å². The van der Waals surface area contributed by atoms with Crippen LogP contribution in [0.25, 0.3) is 0 Å². The Bertz CT molecular complexity index is 1530. The number of hydrogen-bond donors (Lipinski definition) is 0. The molecule has 0 N–H and O–H groups in total. The van der Waals surface area contributed by atoms with Crippen LogP contribution in [0.1, 0.15) is 201 Å². The summed E-state index contributed by atoms with van der Waals surface area (Å²) in [5, 5.41) is 0. The topological polar surface area (TPSA) is 78.9 Å². The summed E-state index contributed by atoms with van der Waals surface area (Å²) in [6, 6.07) is 0. The van der Waals surface area contributed by atoms with Crippen LogP contribution in [0.15, 0.2) is 146 Å². The molecule has 6 heteroatoms. The van der Waals surface area contributed by atoms with Gasteiger partial charge in [-0.1, -0.05) is 231 Å². The van der Waals surface area contributed by atoms with E-state index in [1.165, 1.54) is 51.4 Å². The van der Waals surface area contributed by atoms with Gasteiger partial charge >= 0.3 is 17.9 Å². The van der Waals surface area contributed by atoms with E-state index < -0.39 is 12.1 Å². The van der Waals surface area contributed by atoms with Gasteiger partial charge in [0.1, 0.15) is 13.2 Å². The minimum atomic E-state index is -0.848. The Balaban J connectivity index is 4.62. The van der Waals surface area contributed by atoms with Gasteiger partial charge in [0.05, 0.1) is 0 Å². The van der Waals surface area contributed by atoms with Gasteiger partial charge in [-0.15, -0.1) is 0 Å². The van der Waals surface area contributed by atoms with Crippen molar-refractivity contribution < 1.29 is 28.6 Å². The van der Waals surface area contributed by atoms with Crippen molar-refractivity contribution in [3.05, 3.63) is 146 Å². The summed E-state index contributed by atoms with van der Waals surface area (Å²) in [4.78, 5) is 38.0.